The molecule has 0 radical (unpaired) electrons. The number of amides is 1. The summed E-state index contributed by atoms with van der Waals surface area (Å²) in [5.41, 5.74) is 2.43. The molecule has 216 valence electrons. The molecular formula is C32H30Cl2FN5O2. The number of halogens is 3. The van der Waals surface area contributed by atoms with Crippen molar-refractivity contribution in [1.29, 1.82) is 0 Å². The number of benzene rings is 3. The van der Waals surface area contributed by atoms with Gasteiger partial charge in [-0.3, -0.25) is 4.79 Å². The highest BCUT2D eigenvalue weighted by atomic mass is 35.5. The summed E-state index contributed by atoms with van der Waals surface area (Å²) >= 11 is 13.6. The lowest BCUT2D eigenvalue weighted by Gasteiger charge is -2.47. The molecule has 3 fully saturated rings. The van der Waals surface area contributed by atoms with E-state index >= 15 is 0 Å². The number of carbonyl (C=O) groups is 1. The first-order chi connectivity index (χ1) is 20.3. The van der Waals surface area contributed by atoms with Crippen LogP contribution in [0.15, 0.2) is 60.9 Å². The third kappa shape index (κ3) is 4.57. The van der Waals surface area contributed by atoms with Gasteiger partial charge in [0.15, 0.2) is 5.83 Å². The second kappa shape index (κ2) is 10.7. The minimum atomic E-state index is -0.929. The number of ether oxygens (including phenoxy) is 1. The van der Waals surface area contributed by atoms with E-state index in [1.54, 1.807) is 4.90 Å². The van der Waals surface area contributed by atoms with Crippen molar-refractivity contribution in [1.82, 2.24) is 19.8 Å². The molecule has 10 heteroatoms. The second-order valence-electron chi connectivity index (χ2n) is 11.4. The standard InChI is InChI=1S/C32H30Cl2FN5O2/c1-18(35)31(41)39-13-11-27-28(39)16-40(27)30-23-14-25(34)22(21-9-3-6-19-7-4-10-24(33)29(19)21)15-26(23)36-32(37-30)42-17-20-8-5-12-38(20)2/h3-4,6-7,9-10,14-15,20,27-28H,1,5,8,11-13,16-17H2,2H3/t20-,27?,28+/m0/s1. The van der Waals surface area contributed by atoms with E-state index in [0.717, 1.165) is 46.7 Å². The molecule has 7 rings (SSSR count). The second-order valence-corrected chi connectivity index (χ2v) is 12.2. The molecule has 0 saturated carbocycles. The Hall–Kier alpha value is -3.46. The van der Waals surface area contributed by atoms with Crippen molar-refractivity contribution in [2.75, 3.05) is 38.2 Å². The summed E-state index contributed by atoms with van der Waals surface area (Å²) in [7, 11) is 2.11. The van der Waals surface area contributed by atoms with Crippen molar-refractivity contribution in [3.8, 4) is 17.1 Å². The molecule has 1 amide bonds. The first kappa shape index (κ1) is 27.4. The molecule has 7 nitrogen and oxygen atoms in total. The normalized spacial score (nSPS) is 22.0. The highest BCUT2D eigenvalue weighted by molar-refractivity contribution is 6.38. The number of aromatic nitrogens is 2. The smallest absolute Gasteiger partial charge is 0.319 e. The van der Waals surface area contributed by atoms with E-state index in [1.165, 1.54) is 0 Å². The Labute approximate surface area is 253 Å². The molecule has 0 aliphatic carbocycles. The van der Waals surface area contributed by atoms with Gasteiger partial charge in [-0.25, -0.2) is 4.39 Å². The zero-order valence-electron chi connectivity index (χ0n) is 23.2. The Balaban J connectivity index is 1.31. The molecule has 1 aromatic heterocycles. The number of anilines is 1. The molecule has 0 bridgehead atoms. The van der Waals surface area contributed by atoms with Crippen LogP contribution in [0.4, 0.5) is 10.2 Å². The molecule has 42 heavy (non-hydrogen) atoms. The Morgan fingerprint density at radius 2 is 1.86 bits per heavy atom. The van der Waals surface area contributed by atoms with E-state index in [0.29, 0.717) is 59.5 Å². The summed E-state index contributed by atoms with van der Waals surface area (Å²) in [5.74, 6) is -0.864. The maximum Gasteiger partial charge on any atom is 0.319 e. The zero-order chi connectivity index (χ0) is 29.1. The van der Waals surface area contributed by atoms with Gasteiger partial charge in [0, 0.05) is 45.5 Å². The number of likely N-dealkylation sites (tertiary alicyclic amines) is 2. The van der Waals surface area contributed by atoms with Crippen LogP contribution in [0.1, 0.15) is 19.3 Å². The lowest BCUT2D eigenvalue weighted by atomic mass is 9.95. The average Bonchev–Trinajstić information content (AvgIpc) is 3.53. The predicted octanol–water partition coefficient (Wildman–Crippen LogP) is 6.50. The van der Waals surface area contributed by atoms with E-state index in [4.69, 9.17) is 37.9 Å². The van der Waals surface area contributed by atoms with Crippen LogP contribution in [-0.2, 0) is 4.79 Å². The molecule has 3 atom stereocenters. The number of likely N-dealkylation sites (N-methyl/N-ethyl adjacent to an activating group) is 1. The van der Waals surface area contributed by atoms with Crippen molar-refractivity contribution < 1.29 is 13.9 Å². The zero-order valence-corrected chi connectivity index (χ0v) is 24.7. The average molecular weight is 607 g/mol. The van der Waals surface area contributed by atoms with Crippen molar-refractivity contribution in [3.05, 3.63) is 71.0 Å². The monoisotopic (exact) mass is 605 g/mol. The lowest BCUT2D eigenvalue weighted by Crippen LogP contribution is -2.63. The highest BCUT2D eigenvalue weighted by Crippen LogP contribution is 2.43. The molecule has 4 aromatic rings. The van der Waals surface area contributed by atoms with Crippen molar-refractivity contribution in [3.63, 3.8) is 0 Å². The number of fused-ring (bicyclic) bond motifs is 3. The highest BCUT2D eigenvalue weighted by Gasteiger charge is 2.50. The summed E-state index contributed by atoms with van der Waals surface area (Å²) in [4.78, 5) is 28.1. The van der Waals surface area contributed by atoms with Crippen LogP contribution in [0.2, 0.25) is 10.0 Å². The molecule has 4 heterocycles. The summed E-state index contributed by atoms with van der Waals surface area (Å²) in [5, 5.41) is 3.93. The van der Waals surface area contributed by atoms with Gasteiger partial charge in [-0.2, -0.15) is 9.97 Å². The van der Waals surface area contributed by atoms with Crippen molar-refractivity contribution in [2.45, 2.75) is 37.4 Å². The van der Waals surface area contributed by atoms with Crippen LogP contribution in [0.5, 0.6) is 6.01 Å². The maximum absolute atomic E-state index is 13.7. The quantitative estimate of drug-likeness (QED) is 0.234. The van der Waals surface area contributed by atoms with Gasteiger partial charge in [-0.15, -0.1) is 0 Å². The molecule has 3 saturated heterocycles. The summed E-state index contributed by atoms with van der Waals surface area (Å²) in [6.45, 7) is 5.74. The molecule has 3 aromatic carbocycles. The Morgan fingerprint density at radius 1 is 1.05 bits per heavy atom. The van der Waals surface area contributed by atoms with E-state index in [2.05, 4.69) is 23.4 Å². The van der Waals surface area contributed by atoms with Gasteiger partial charge in [0.25, 0.3) is 5.91 Å². The van der Waals surface area contributed by atoms with Crippen LogP contribution in [0.3, 0.4) is 0 Å². The maximum atomic E-state index is 13.7. The van der Waals surface area contributed by atoms with Gasteiger partial charge < -0.3 is 19.4 Å². The molecule has 1 unspecified atom stereocenters. The van der Waals surface area contributed by atoms with Gasteiger partial charge in [0.05, 0.1) is 17.6 Å². The summed E-state index contributed by atoms with van der Waals surface area (Å²) < 4.78 is 19.9. The predicted molar refractivity (Wildman–Crippen MR) is 165 cm³/mol. The summed E-state index contributed by atoms with van der Waals surface area (Å²) in [6, 6.07) is 16.3. The van der Waals surface area contributed by atoms with Crippen molar-refractivity contribution >= 4 is 56.6 Å². The third-order valence-electron chi connectivity index (χ3n) is 9.02. The van der Waals surface area contributed by atoms with Gasteiger partial charge in [-0.05, 0) is 62.0 Å². The van der Waals surface area contributed by atoms with Gasteiger partial charge in [-0.1, -0.05) is 60.1 Å². The van der Waals surface area contributed by atoms with E-state index < -0.39 is 11.7 Å². The fourth-order valence-corrected chi connectivity index (χ4v) is 7.30. The Bertz CT molecular complexity index is 1740. The van der Waals surface area contributed by atoms with E-state index in [-0.39, 0.29) is 12.1 Å². The van der Waals surface area contributed by atoms with E-state index in [1.807, 2.05) is 48.5 Å². The first-order valence-electron chi connectivity index (χ1n) is 14.2. The number of nitrogens with zero attached hydrogens (tertiary/aromatic N) is 5. The van der Waals surface area contributed by atoms with Crippen LogP contribution in [-0.4, -0.2) is 77.1 Å². The molecule has 0 N–H and O–H groups in total. The van der Waals surface area contributed by atoms with Crippen LogP contribution in [0.25, 0.3) is 32.8 Å². The first-order valence-corrected chi connectivity index (χ1v) is 15.0. The van der Waals surface area contributed by atoms with Gasteiger partial charge in [0.1, 0.15) is 12.4 Å². The fraction of sp³-hybridized carbons (Fsp3) is 0.344. The van der Waals surface area contributed by atoms with E-state index in [9.17, 15) is 9.18 Å². The molecule has 3 aliphatic rings. The minimum absolute atomic E-state index is 0.00976. The largest absolute Gasteiger partial charge is 0.462 e. The van der Waals surface area contributed by atoms with Crippen LogP contribution in [0, 0.1) is 0 Å². The van der Waals surface area contributed by atoms with Crippen molar-refractivity contribution in [2.24, 2.45) is 0 Å². The number of hydrogen-bond acceptors (Lipinski definition) is 6. The topological polar surface area (TPSA) is 61.8 Å². The SMILES string of the molecule is C=C(F)C(=O)N1CCC2[C@H]1CN2c1nc(OC[C@@H]2CCCN2C)nc2cc(-c3cccc4cccc(Cl)c34)c(Cl)cc12. The van der Waals surface area contributed by atoms with Crippen LogP contribution >= 0.6 is 23.2 Å². The van der Waals surface area contributed by atoms with Gasteiger partial charge in [0.2, 0.25) is 0 Å². The third-order valence-corrected chi connectivity index (χ3v) is 9.65. The fourth-order valence-electron chi connectivity index (χ4n) is 6.75. The number of rotatable bonds is 6. The molecule has 3 aliphatic heterocycles. The van der Waals surface area contributed by atoms with Gasteiger partial charge >= 0.3 is 6.01 Å². The molecular weight excluding hydrogens is 576 g/mol. The Kier molecular flexibility index (Phi) is 6.95. The lowest BCUT2D eigenvalue weighted by molar-refractivity contribution is -0.130. The minimum Gasteiger partial charge on any atom is -0.462 e. The number of carbonyl (C=O) groups excluding carboxylic acids is 1. The van der Waals surface area contributed by atoms with Crippen LogP contribution < -0.4 is 9.64 Å². The number of hydrogen-bond donors (Lipinski definition) is 0. The molecule has 0 spiro atoms. The summed E-state index contributed by atoms with van der Waals surface area (Å²) in [6.07, 6.45) is 2.91. The Morgan fingerprint density at radius 3 is 2.62 bits per heavy atom.